The van der Waals surface area contributed by atoms with Gasteiger partial charge in [-0.2, -0.15) is 0 Å². The zero-order valence-corrected chi connectivity index (χ0v) is 15.5. The number of amides is 1. The van der Waals surface area contributed by atoms with Gasteiger partial charge in [-0.1, -0.05) is 39.0 Å². The lowest BCUT2D eigenvalue weighted by molar-refractivity contribution is -0.136. The molecule has 1 aromatic carbocycles. The Morgan fingerprint density at radius 1 is 1.20 bits per heavy atom. The Balaban J connectivity index is 1.72. The molecular formula is C19H31N3O3. The smallest absolute Gasteiger partial charge is 0.240 e. The van der Waals surface area contributed by atoms with Gasteiger partial charge in [0.05, 0.1) is 6.04 Å². The quantitative estimate of drug-likeness (QED) is 0.799. The molecule has 2 rings (SSSR count). The van der Waals surface area contributed by atoms with Crippen LogP contribution in [-0.2, 0) is 4.79 Å². The summed E-state index contributed by atoms with van der Waals surface area (Å²) in [7, 11) is 0. The highest BCUT2D eigenvalue weighted by molar-refractivity contribution is 5.82. The van der Waals surface area contributed by atoms with Crippen molar-refractivity contribution in [2.45, 2.75) is 32.9 Å². The molecule has 1 aromatic rings. The number of carbonyl (C=O) groups excluding carboxylic acids is 1. The lowest BCUT2D eigenvalue weighted by atomic mass is 9.86. The number of carbonyl (C=O) groups is 1. The molecule has 1 aliphatic rings. The van der Waals surface area contributed by atoms with Crippen molar-refractivity contribution in [1.82, 2.24) is 9.80 Å². The molecule has 0 bridgehead atoms. The first-order valence-corrected chi connectivity index (χ1v) is 8.90. The number of benzene rings is 1. The summed E-state index contributed by atoms with van der Waals surface area (Å²) in [5, 5.41) is 10.2. The van der Waals surface area contributed by atoms with Crippen LogP contribution >= 0.6 is 0 Å². The molecule has 6 heteroatoms. The summed E-state index contributed by atoms with van der Waals surface area (Å²) >= 11 is 0. The highest BCUT2D eigenvalue weighted by Crippen LogP contribution is 2.19. The van der Waals surface area contributed by atoms with Crippen molar-refractivity contribution in [3.63, 3.8) is 0 Å². The van der Waals surface area contributed by atoms with Crippen LogP contribution in [0.25, 0.3) is 0 Å². The first kappa shape index (κ1) is 19.7. The zero-order valence-electron chi connectivity index (χ0n) is 15.5. The first-order valence-electron chi connectivity index (χ1n) is 8.90. The number of aliphatic hydroxyl groups excluding tert-OH is 1. The van der Waals surface area contributed by atoms with Crippen molar-refractivity contribution in [3.8, 4) is 5.75 Å². The average Bonchev–Trinajstić information content (AvgIpc) is 2.59. The SMILES string of the molecule is CC(C)(C)[C@H](N)C(=O)N1CCN(CC(O)COc2ccccc2)CC1. The number of hydrogen-bond acceptors (Lipinski definition) is 5. The van der Waals surface area contributed by atoms with Crippen LogP contribution < -0.4 is 10.5 Å². The molecule has 1 unspecified atom stereocenters. The van der Waals surface area contributed by atoms with Crippen molar-refractivity contribution >= 4 is 5.91 Å². The van der Waals surface area contributed by atoms with Crippen LogP contribution in [0.4, 0.5) is 0 Å². The molecule has 0 saturated carbocycles. The van der Waals surface area contributed by atoms with Gasteiger partial charge in [0.1, 0.15) is 18.5 Å². The zero-order chi connectivity index (χ0) is 18.4. The molecule has 1 aliphatic heterocycles. The van der Waals surface area contributed by atoms with E-state index in [0.717, 1.165) is 18.8 Å². The van der Waals surface area contributed by atoms with E-state index in [1.54, 1.807) is 0 Å². The number of piperazine rings is 1. The van der Waals surface area contributed by atoms with Crippen LogP contribution in [0.2, 0.25) is 0 Å². The number of rotatable bonds is 6. The van der Waals surface area contributed by atoms with Crippen molar-refractivity contribution in [2.24, 2.45) is 11.1 Å². The second-order valence-corrected chi connectivity index (χ2v) is 7.75. The van der Waals surface area contributed by atoms with Gasteiger partial charge in [-0.15, -0.1) is 0 Å². The van der Waals surface area contributed by atoms with E-state index in [2.05, 4.69) is 4.90 Å². The Kier molecular flexibility index (Phi) is 6.81. The highest BCUT2D eigenvalue weighted by Gasteiger charge is 2.32. The van der Waals surface area contributed by atoms with Gasteiger partial charge in [-0.05, 0) is 17.5 Å². The van der Waals surface area contributed by atoms with E-state index >= 15 is 0 Å². The van der Waals surface area contributed by atoms with Gasteiger partial charge < -0.3 is 20.5 Å². The molecule has 0 aliphatic carbocycles. The first-order chi connectivity index (χ1) is 11.8. The van der Waals surface area contributed by atoms with Gasteiger partial charge >= 0.3 is 0 Å². The van der Waals surface area contributed by atoms with Crippen molar-refractivity contribution in [3.05, 3.63) is 30.3 Å². The monoisotopic (exact) mass is 349 g/mol. The fraction of sp³-hybridized carbons (Fsp3) is 0.632. The van der Waals surface area contributed by atoms with Crippen molar-refractivity contribution < 1.29 is 14.6 Å². The van der Waals surface area contributed by atoms with E-state index in [1.165, 1.54) is 0 Å². The van der Waals surface area contributed by atoms with Crippen LogP contribution in [0.1, 0.15) is 20.8 Å². The van der Waals surface area contributed by atoms with Crippen molar-refractivity contribution in [1.29, 1.82) is 0 Å². The van der Waals surface area contributed by atoms with Crippen LogP contribution in [0.3, 0.4) is 0 Å². The fourth-order valence-electron chi connectivity index (χ4n) is 2.78. The summed E-state index contributed by atoms with van der Waals surface area (Å²) in [6.45, 7) is 9.52. The number of β-amino-alcohol motifs (C(OH)–C–C–N with tert-alkyl or cyclic N) is 1. The van der Waals surface area contributed by atoms with Gasteiger partial charge in [0.25, 0.3) is 0 Å². The second-order valence-electron chi connectivity index (χ2n) is 7.75. The molecule has 2 atom stereocenters. The minimum Gasteiger partial charge on any atom is -0.491 e. The Morgan fingerprint density at radius 3 is 2.36 bits per heavy atom. The number of hydrogen-bond donors (Lipinski definition) is 2. The Bertz CT molecular complexity index is 537. The summed E-state index contributed by atoms with van der Waals surface area (Å²) in [6.07, 6.45) is -0.556. The molecule has 0 radical (unpaired) electrons. The summed E-state index contributed by atoms with van der Waals surface area (Å²) in [4.78, 5) is 16.4. The van der Waals surface area contributed by atoms with Crippen molar-refractivity contribution in [2.75, 3.05) is 39.3 Å². The maximum absolute atomic E-state index is 12.4. The predicted octanol–water partition coefficient (Wildman–Crippen LogP) is 0.944. The Hall–Kier alpha value is -1.63. The van der Waals surface area contributed by atoms with E-state index in [0.29, 0.717) is 19.6 Å². The summed E-state index contributed by atoms with van der Waals surface area (Å²) in [5.41, 5.74) is 5.84. The molecule has 1 fully saturated rings. The molecule has 6 nitrogen and oxygen atoms in total. The molecule has 140 valence electrons. The molecule has 1 amide bonds. The van der Waals surface area contributed by atoms with E-state index in [-0.39, 0.29) is 17.9 Å². The summed E-state index contributed by atoms with van der Waals surface area (Å²) < 4.78 is 5.58. The summed E-state index contributed by atoms with van der Waals surface area (Å²) in [6, 6.07) is 8.99. The van der Waals surface area contributed by atoms with Crippen LogP contribution in [0.15, 0.2) is 30.3 Å². The molecular weight excluding hydrogens is 318 g/mol. The van der Waals surface area contributed by atoms with Gasteiger partial charge in [-0.3, -0.25) is 9.69 Å². The Labute approximate surface area is 150 Å². The van der Waals surface area contributed by atoms with E-state index in [9.17, 15) is 9.90 Å². The van der Waals surface area contributed by atoms with Crippen LogP contribution in [0, 0.1) is 5.41 Å². The third-order valence-electron chi connectivity index (χ3n) is 4.54. The summed E-state index contributed by atoms with van der Waals surface area (Å²) in [5.74, 6) is 0.772. The minimum absolute atomic E-state index is 0.0140. The number of ether oxygens (including phenoxy) is 1. The van der Waals surface area contributed by atoms with Crippen LogP contribution in [-0.4, -0.2) is 72.3 Å². The standard InChI is InChI=1S/C19H31N3O3/c1-19(2,3)17(20)18(24)22-11-9-21(10-12-22)13-15(23)14-25-16-7-5-4-6-8-16/h4-8,15,17,23H,9-14,20H2,1-3H3/t15?,17-/m1/s1. The topological polar surface area (TPSA) is 79.0 Å². The van der Waals surface area contributed by atoms with Gasteiger partial charge in [0.15, 0.2) is 0 Å². The van der Waals surface area contributed by atoms with Gasteiger partial charge in [-0.25, -0.2) is 0 Å². The lowest BCUT2D eigenvalue weighted by Gasteiger charge is -2.38. The molecule has 0 spiro atoms. The molecule has 0 aromatic heterocycles. The highest BCUT2D eigenvalue weighted by atomic mass is 16.5. The van der Waals surface area contributed by atoms with Gasteiger partial charge in [0.2, 0.25) is 5.91 Å². The maximum Gasteiger partial charge on any atom is 0.240 e. The number of para-hydroxylation sites is 1. The van der Waals surface area contributed by atoms with E-state index in [1.807, 2.05) is 56.0 Å². The number of nitrogens with zero attached hydrogens (tertiary/aromatic N) is 2. The minimum atomic E-state index is -0.556. The predicted molar refractivity (Wildman–Crippen MR) is 98.4 cm³/mol. The largest absolute Gasteiger partial charge is 0.491 e. The molecule has 3 N–H and O–H groups in total. The third-order valence-corrected chi connectivity index (χ3v) is 4.54. The molecule has 1 heterocycles. The maximum atomic E-state index is 12.4. The fourth-order valence-corrected chi connectivity index (χ4v) is 2.78. The second kappa shape index (κ2) is 8.65. The normalized spacial score (nSPS) is 18.7. The molecule has 1 saturated heterocycles. The lowest BCUT2D eigenvalue weighted by Crippen LogP contribution is -2.57. The Morgan fingerprint density at radius 2 is 1.80 bits per heavy atom. The number of aliphatic hydroxyl groups is 1. The number of nitrogens with two attached hydrogens (primary N) is 1. The van der Waals surface area contributed by atoms with E-state index < -0.39 is 12.1 Å². The molecule has 25 heavy (non-hydrogen) atoms. The van der Waals surface area contributed by atoms with Crippen LogP contribution in [0.5, 0.6) is 5.75 Å². The van der Waals surface area contributed by atoms with Gasteiger partial charge in [0, 0.05) is 32.7 Å². The van der Waals surface area contributed by atoms with E-state index in [4.69, 9.17) is 10.5 Å². The average molecular weight is 349 g/mol. The third kappa shape index (κ3) is 5.99.